The zero-order valence-corrected chi connectivity index (χ0v) is 10.6. The lowest BCUT2D eigenvalue weighted by Crippen LogP contribution is -2.32. The second-order valence-corrected chi connectivity index (χ2v) is 5.56. The van der Waals surface area contributed by atoms with Gasteiger partial charge in [-0.05, 0) is 51.1 Å². The summed E-state index contributed by atoms with van der Waals surface area (Å²) in [6.45, 7) is 5.80. The monoisotopic (exact) mass is 223 g/mol. The molecular formula is C14H25NO. The van der Waals surface area contributed by atoms with Crippen molar-refractivity contribution in [1.29, 1.82) is 0 Å². The van der Waals surface area contributed by atoms with E-state index in [-0.39, 0.29) is 0 Å². The molecule has 92 valence electrons. The molecule has 0 bridgehead atoms. The van der Waals surface area contributed by atoms with E-state index in [0.717, 1.165) is 31.7 Å². The summed E-state index contributed by atoms with van der Waals surface area (Å²) in [6, 6.07) is 0. The molecule has 1 saturated heterocycles. The highest BCUT2D eigenvalue weighted by atomic mass is 16.1. The minimum Gasteiger partial charge on any atom is -0.303 e. The van der Waals surface area contributed by atoms with Crippen molar-refractivity contribution >= 4 is 5.78 Å². The molecule has 1 aliphatic carbocycles. The maximum Gasteiger partial charge on any atom is 0.137 e. The van der Waals surface area contributed by atoms with Gasteiger partial charge in [0.2, 0.25) is 0 Å². The third-order valence-electron chi connectivity index (χ3n) is 4.43. The van der Waals surface area contributed by atoms with Crippen LogP contribution in [0.3, 0.4) is 0 Å². The highest BCUT2D eigenvalue weighted by Gasteiger charge is 2.27. The fourth-order valence-corrected chi connectivity index (χ4v) is 3.21. The van der Waals surface area contributed by atoms with E-state index in [1.54, 1.807) is 0 Å². The molecule has 0 spiro atoms. The van der Waals surface area contributed by atoms with Gasteiger partial charge in [-0.3, -0.25) is 4.79 Å². The Balaban J connectivity index is 1.79. The Hall–Kier alpha value is -0.370. The first kappa shape index (κ1) is 12.1. The Labute approximate surface area is 99.4 Å². The predicted octanol–water partition coefficient (Wildman–Crippen LogP) is 2.87. The molecule has 2 fully saturated rings. The first-order valence-electron chi connectivity index (χ1n) is 7.04. The van der Waals surface area contributed by atoms with E-state index >= 15 is 0 Å². The molecule has 0 amide bonds. The number of carbonyl (C=O) groups is 1. The number of nitrogens with zero attached hydrogens (tertiary/aromatic N) is 1. The molecule has 2 nitrogen and oxygen atoms in total. The summed E-state index contributed by atoms with van der Waals surface area (Å²) in [5.41, 5.74) is 0. The first-order chi connectivity index (χ1) is 7.79. The van der Waals surface area contributed by atoms with Crippen LogP contribution in [-0.2, 0) is 4.79 Å². The Morgan fingerprint density at radius 3 is 2.75 bits per heavy atom. The van der Waals surface area contributed by atoms with E-state index in [2.05, 4.69) is 11.8 Å². The van der Waals surface area contributed by atoms with Crippen molar-refractivity contribution in [3.05, 3.63) is 0 Å². The summed E-state index contributed by atoms with van der Waals surface area (Å²) in [7, 11) is 0. The average molecular weight is 223 g/mol. The van der Waals surface area contributed by atoms with Gasteiger partial charge in [0, 0.05) is 18.9 Å². The van der Waals surface area contributed by atoms with Gasteiger partial charge in [-0.15, -0.1) is 0 Å². The van der Waals surface area contributed by atoms with Crippen LogP contribution in [0.15, 0.2) is 0 Å². The Kier molecular flexibility index (Phi) is 4.39. The van der Waals surface area contributed by atoms with Gasteiger partial charge < -0.3 is 4.90 Å². The van der Waals surface area contributed by atoms with Crippen LogP contribution >= 0.6 is 0 Å². The summed E-state index contributed by atoms with van der Waals surface area (Å²) in [5.74, 6) is 1.83. The van der Waals surface area contributed by atoms with E-state index in [9.17, 15) is 4.79 Å². The fourth-order valence-electron chi connectivity index (χ4n) is 3.21. The fraction of sp³-hybridized carbons (Fsp3) is 0.929. The molecule has 0 radical (unpaired) electrons. The van der Waals surface area contributed by atoms with Crippen LogP contribution < -0.4 is 0 Å². The van der Waals surface area contributed by atoms with Crippen LogP contribution in [-0.4, -0.2) is 30.3 Å². The van der Waals surface area contributed by atoms with Gasteiger partial charge in [0.15, 0.2) is 0 Å². The molecule has 2 heteroatoms. The predicted molar refractivity (Wildman–Crippen MR) is 66.4 cm³/mol. The largest absolute Gasteiger partial charge is 0.303 e. The van der Waals surface area contributed by atoms with Crippen molar-refractivity contribution in [2.75, 3.05) is 19.6 Å². The molecule has 2 rings (SSSR count). The number of hydrogen-bond acceptors (Lipinski definition) is 2. The number of rotatable bonds is 3. The topological polar surface area (TPSA) is 20.3 Å². The standard InChI is InChI=1S/C14H25NO/c1-2-12-5-4-9-15(10-8-12)11-13-6-3-7-14(13)16/h12-13H,2-11H2,1H3. The number of carbonyl (C=O) groups excluding carboxylic acids is 1. The molecule has 0 aromatic carbocycles. The summed E-state index contributed by atoms with van der Waals surface area (Å²) in [6.07, 6.45) is 8.52. The van der Waals surface area contributed by atoms with Crippen molar-refractivity contribution in [1.82, 2.24) is 4.90 Å². The van der Waals surface area contributed by atoms with Crippen LogP contribution in [0.5, 0.6) is 0 Å². The van der Waals surface area contributed by atoms with E-state index in [1.807, 2.05) is 0 Å². The van der Waals surface area contributed by atoms with Crippen molar-refractivity contribution in [3.63, 3.8) is 0 Å². The Morgan fingerprint density at radius 2 is 2.06 bits per heavy atom. The molecule has 2 atom stereocenters. The summed E-state index contributed by atoms with van der Waals surface area (Å²) < 4.78 is 0. The van der Waals surface area contributed by atoms with Gasteiger partial charge in [0.05, 0.1) is 0 Å². The SMILES string of the molecule is CCC1CCCN(CC2CCCC2=O)CC1. The molecule has 0 aromatic heterocycles. The van der Waals surface area contributed by atoms with Crippen molar-refractivity contribution in [2.24, 2.45) is 11.8 Å². The Bertz CT molecular complexity index is 239. The lowest BCUT2D eigenvalue weighted by Gasteiger charge is -2.23. The second kappa shape index (κ2) is 5.81. The average Bonchev–Trinajstić information content (AvgIpc) is 2.56. The van der Waals surface area contributed by atoms with Gasteiger partial charge in [-0.25, -0.2) is 0 Å². The van der Waals surface area contributed by atoms with Crippen LogP contribution in [0.25, 0.3) is 0 Å². The number of hydrogen-bond donors (Lipinski definition) is 0. The highest BCUT2D eigenvalue weighted by molar-refractivity contribution is 5.83. The molecule has 16 heavy (non-hydrogen) atoms. The normalized spacial score (nSPS) is 32.9. The molecule has 1 heterocycles. The van der Waals surface area contributed by atoms with Gasteiger partial charge in [0.25, 0.3) is 0 Å². The smallest absolute Gasteiger partial charge is 0.137 e. The molecule has 2 aliphatic rings. The lowest BCUT2D eigenvalue weighted by atomic mass is 9.98. The van der Waals surface area contributed by atoms with Crippen LogP contribution in [0.4, 0.5) is 0 Å². The third-order valence-corrected chi connectivity index (χ3v) is 4.43. The molecular weight excluding hydrogens is 198 g/mol. The van der Waals surface area contributed by atoms with Crippen LogP contribution in [0.2, 0.25) is 0 Å². The zero-order valence-electron chi connectivity index (χ0n) is 10.6. The minimum atomic E-state index is 0.373. The number of ketones is 1. The maximum atomic E-state index is 11.6. The van der Waals surface area contributed by atoms with Gasteiger partial charge >= 0.3 is 0 Å². The molecule has 1 saturated carbocycles. The molecule has 0 N–H and O–H groups in total. The Morgan fingerprint density at radius 1 is 1.19 bits per heavy atom. The number of likely N-dealkylation sites (tertiary alicyclic amines) is 1. The minimum absolute atomic E-state index is 0.373. The summed E-state index contributed by atoms with van der Waals surface area (Å²) >= 11 is 0. The lowest BCUT2D eigenvalue weighted by molar-refractivity contribution is -0.121. The van der Waals surface area contributed by atoms with Crippen molar-refractivity contribution in [2.45, 2.75) is 51.9 Å². The second-order valence-electron chi connectivity index (χ2n) is 5.56. The quantitative estimate of drug-likeness (QED) is 0.733. The van der Waals surface area contributed by atoms with E-state index < -0.39 is 0 Å². The summed E-state index contributed by atoms with van der Waals surface area (Å²) in [5, 5.41) is 0. The van der Waals surface area contributed by atoms with Crippen molar-refractivity contribution < 1.29 is 4.79 Å². The first-order valence-corrected chi connectivity index (χ1v) is 7.04. The van der Waals surface area contributed by atoms with Gasteiger partial charge in [0.1, 0.15) is 5.78 Å². The molecule has 1 aliphatic heterocycles. The van der Waals surface area contributed by atoms with Gasteiger partial charge in [-0.1, -0.05) is 13.3 Å². The zero-order chi connectivity index (χ0) is 11.4. The van der Waals surface area contributed by atoms with E-state index in [4.69, 9.17) is 0 Å². The summed E-state index contributed by atoms with van der Waals surface area (Å²) in [4.78, 5) is 14.2. The van der Waals surface area contributed by atoms with E-state index in [1.165, 1.54) is 38.8 Å². The highest BCUT2D eigenvalue weighted by Crippen LogP contribution is 2.25. The molecule has 0 aromatic rings. The van der Waals surface area contributed by atoms with Crippen molar-refractivity contribution in [3.8, 4) is 0 Å². The van der Waals surface area contributed by atoms with Gasteiger partial charge in [-0.2, -0.15) is 0 Å². The van der Waals surface area contributed by atoms with Crippen LogP contribution in [0, 0.1) is 11.8 Å². The maximum absolute atomic E-state index is 11.6. The number of Topliss-reactive ketones (excluding diaryl/α,β-unsaturated/α-hetero) is 1. The van der Waals surface area contributed by atoms with Crippen LogP contribution in [0.1, 0.15) is 51.9 Å². The third kappa shape index (κ3) is 3.07. The molecule has 2 unspecified atom stereocenters. The van der Waals surface area contributed by atoms with E-state index in [0.29, 0.717) is 11.7 Å².